The van der Waals surface area contributed by atoms with Gasteiger partial charge in [0.2, 0.25) is 11.7 Å². The molecule has 6 unspecified atom stereocenters. The largest absolute Gasteiger partial charge is 0.446 e. The summed E-state index contributed by atoms with van der Waals surface area (Å²) in [6.45, 7) is 6.45. The van der Waals surface area contributed by atoms with Gasteiger partial charge in [-0.05, 0) is 32.1 Å². The van der Waals surface area contributed by atoms with E-state index in [1.165, 1.54) is 0 Å². The van der Waals surface area contributed by atoms with Crippen LogP contribution >= 0.6 is 0 Å². The number of amides is 1. The van der Waals surface area contributed by atoms with Crippen LogP contribution in [0.4, 0.5) is 0 Å². The fourth-order valence-corrected chi connectivity index (χ4v) is 6.91. The number of nitrogens with zero attached hydrogens (tertiary/aromatic N) is 1. The van der Waals surface area contributed by atoms with Crippen molar-refractivity contribution in [2.24, 2.45) is 28.6 Å². The van der Waals surface area contributed by atoms with E-state index in [2.05, 4.69) is 6.92 Å². The van der Waals surface area contributed by atoms with Gasteiger partial charge >= 0.3 is 0 Å². The molecule has 8 atom stereocenters. The van der Waals surface area contributed by atoms with Gasteiger partial charge in [0.15, 0.2) is 6.73 Å². The third-order valence-corrected chi connectivity index (χ3v) is 8.10. The van der Waals surface area contributed by atoms with Crippen LogP contribution in [0.3, 0.4) is 0 Å². The van der Waals surface area contributed by atoms with E-state index in [1.807, 2.05) is 13.8 Å². The van der Waals surface area contributed by atoms with Crippen LogP contribution in [0, 0.1) is 28.6 Å². The summed E-state index contributed by atoms with van der Waals surface area (Å²) in [6.07, 6.45) is 3.26. The molecule has 0 aromatic rings. The molecule has 7 heteroatoms. The van der Waals surface area contributed by atoms with Crippen LogP contribution in [0.25, 0.3) is 0 Å². The molecule has 3 saturated carbocycles. The van der Waals surface area contributed by atoms with E-state index >= 15 is 0 Å². The number of likely N-dealkylation sites (tertiary alicyclic amines) is 1. The number of rotatable bonds is 3. The molecule has 6 aliphatic rings. The lowest BCUT2D eigenvalue weighted by Gasteiger charge is -2.77. The van der Waals surface area contributed by atoms with Gasteiger partial charge in [0.1, 0.15) is 12.3 Å². The summed E-state index contributed by atoms with van der Waals surface area (Å²) in [5.74, 6) is -0.429. The minimum atomic E-state index is -0.879. The van der Waals surface area contributed by atoms with Gasteiger partial charge in [0.25, 0.3) is 6.47 Å². The van der Waals surface area contributed by atoms with Gasteiger partial charge in [-0.15, -0.1) is 0 Å². The second-order valence-corrected chi connectivity index (χ2v) is 8.77. The van der Waals surface area contributed by atoms with Gasteiger partial charge in [-0.1, -0.05) is 13.8 Å². The lowest BCUT2D eigenvalue weighted by Crippen LogP contribution is -2.84. The van der Waals surface area contributed by atoms with Crippen LogP contribution in [0.2, 0.25) is 0 Å². The first-order chi connectivity index (χ1) is 11.9. The standard InChI is InChI=1S/C18H25NO6/c1-10-4-5-18-11(2)13(21)19(8-22-9-20)14-12(18)17(10)7-6-16(3,23-14)25-24-15(17)18/h9-12,14-15H,4-8H2,1-3H3/t10-,11+,12?,14?,15?,16?,17?,18?/m1/s1. The van der Waals surface area contributed by atoms with Crippen molar-refractivity contribution in [1.82, 2.24) is 4.90 Å². The monoisotopic (exact) mass is 351 g/mol. The zero-order valence-corrected chi connectivity index (χ0v) is 14.9. The zero-order chi connectivity index (χ0) is 17.6. The third-order valence-electron chi connectivity index (χ3n) is 8.10. The number of hydrogen-bond donors (Lipinski definition) is 0. The fourth-order valence-electron chi connectivity index (χ4n) is 6.91. The molecule has 3 aliphatic carbocycles. The summed E-state index contributed by atoms with van der Waals surface area (Å²) in [5.41, 5.74) is -0.275. The topological polar surface area (TPSA) is 74.3 Å². The third kappa shape index (κ3) is 1.59. The molecule has 0 radical (unpaired) electrons. The maximum absolute atomic E-state index is 13.1. The molecular formula is C18H25NO6. The quantitative estimate of drug-likeness (QED) is 0.570. The molecule has 25 heavy (non-hydrogen) atoms. The summed E-state index contributed by atoms with van der Waals surface area (Å²) in [5, 5.41) is 0. The molecular weight excluding hydrogens is 326 g/mol. The highest BCUT2D eigenvalue weighted by Crippen LogP contribution is 2.79. The molecule has 1 amide bonds. The molecule has 2 spiro atoms. The van der Waals surface area contributed by atoms with Crippen molar-refractivity contribution in [3.8, 4) is 0 Å². The molecule has 0 N–H and O–H groups in total. The molecule has 7 nitrogen and oxygen atoms in total. The first-order valence-electron chi connectivity index (χ1n) is 9.29. The Balaban J connectivity index is 1.67. The first kappa shape index (κ1) is 16.0. The van der Waals surface area contributed by atoms with Crippen LogP contribution in [-0.2, 0) is 28.8 Å². The molecule has 138 valence electrons. The normalized spacial score (nSPS) is 55.9. The van der Waals surface area contributed by atoms with E-state index in [4.69, 9.17) is 19.2 Å². The minimum Gasteiger partial charge on any atom is -0.446 e. The van der Waals surface area contributed by atoms with E-state index in [0.29, 0.717) is 12.4 Å². The Hall–Kier alpha value is -1.18. The Morgan fingerprint density at radius 1 is 1.28 bits per heavy atom. The predicted octanol–water partition coefficient (Wildman–Crippen LogP) is 1.81. The molecule has 0 aromatic heterocycles. The second-order valence-electron chi connectivity index (χ2n) is 8.77. The van der Waals surface area contributed by atoms with Crippen LogP contribution in [0.15, 0.2) is 0 Å². The highest BCUT2D eigenvalue weighted by atomic mass is 17.2. The number of hydrogen-bond acceptors (Lipinski definition) is 6. The van der Waals surface area contributed by atoms with E-state index < -0.39 is 12.0 Å². The maximum atomic E-state index is 13.1. The Labute approximate surface area is 146 Å². The number of fused-ring (bicyclic) bond motifs is 4. The van der Waals surface area contributed by atoms with Crippen LogP contribution in [0.1, 0.15) is 46.5 Å². The Bertz CT molecular complexity index is 641. The van der Waals surface area contributed by atoms with Gasteiger partial charge in [-0.3, -0.25) is 14.5 Å². The fraction of sp³-hybridized carbons (Fsp3) is 0.889. The van der Waals surface area contributed by atoms with Gasteiger partial charge in [-0.25, -0.2) is 9.78 Å². The Morgan fingerprint density at radius 2 is 2.08 bits per heavy atom. The van der Waals surface area contributed by atoms with E-state index in [9.17, 15) is 9.59 Å². The summed E-state index contributed by atoms with van der Waals surface area (Å²) < 4.78 is 11.3. The lowest BCUT2D eigenvalue weighted by atomic mass is 9.30. The van der Waals surface area contributed by atoms with E-state index in [0.717, 1.165) is 25.7 Å². The molecule has 3 saturated heterocycles. The van der Waals surface area contributed by atoms with Crippen molar-refractivity contribution < 1.29 is 28.8 Å². The molecule has 3 bridgehead atoms. The summed E-state index contributed by atoms with van der Waals surface area (Å²) in [7, 11) is 0. The summed E-state index contributed by atoms with van der Waals surface area (Å²) in [4.78, 5) is 37.3. The van der Waals surface area contributed by atoms with Gasteiger partial charge in [-0.2, -0.15) is 0 Å². The predicted molar refractivity (Wildman–Crippen MR) is 83.3 cm³/mol. The Kier molecular flexibility index (Phi) is 3.05. The molecule has 6 fully saturated rings. The zero-order valence-electron chi connectivity index (χ0n) is 14.9. The van der Waals surface area contributed by atoms with Crippen LogP contribution < -0.4 is 0 Å². The second kappa shape index (κ2) is 4.75. The van der Waals surface area contributed by atoms with Crippen molar-refractivity contribution in [2.75, 3.05) is 6.73 Å². The van der Waals surface area contributed by atoms with Crippen LogP contribution in [0.5, 0.6) is 0 Å². The molecule has 6 rings (SSSR count). The van der Waals surface area contributed by atoms with Crippen molar-refractivity contribution >= 4 is 12.4 Å². The van der Waals surface area contributed by atoms with Gasteiger partial charge in [0.05, 0.1) is 0 Å². The van der Waals surface area contributed by atoms with Crippen molar-refractivity contribution in [1.29, 1.82) is 0 Å². The molecule has 3 heterocycles. The highest BCUT2D eigenvalue weighted by Gasteiger charge is 2.84. The van der Waals surface area contributed by atoms with Crippen molar-refractivity contribution in [3.05, 3.63) is 0 Å². The van der Waals surface area contributed by atoms with Gasteiger partial charge in [0, 0.05) is 29.1 Å². The SMILES string of the molecule is C[C@@H]1CCC23C4OOC5(C)CCC41C2C(O5)N(COC=O)C(=O)[C@@H]3C. The number of carbonyl (C=O) groups is 2. The lowest BCUT2D eigenvalue weighted by molar-refractivity contribution is -0.534. The number of carbonyl (C=O) groups excluding carboxylic acids is 2. The summed E-state index contributed by atoms with van der Waals surface area (Å²) in [6, 6.07) is 0. The maximum Gasteiger partial charge on any atom is 0.294 e. The average molecular weight is 351 g/mol. The average Bonchev–Trinajstić information content (AvgIpc) is 2.77. The van der Waals surface area contributed by atoms with E-state index in [1.54, 1.807) is 4.90 Å². The number of piperidine rings is 1. The van der Waals surface area contributed by atoms with Gasteiger partial charge < -0.3 is 9.47 Å². The number of ether oxygens (including phenoxy) is 2. The molecule has 0 aromatic carbocycles. The van der Waals surface area contributed by atoms with Crippen molar-refractivity contribution in [2.45, 2.75) is 64.6 Å². The molecule has 3 aliphatic heterocycles. The first-order valence-corrected chi connectivity index (χ1v) is 9.29. The summed E-state index contributed by atoms with van der Waals surface area (Å²) >= 11 is 0. The highest BCUT2D eigenvalue weighted by molar-refractivity contribution is 5.81. The smallest absolute Gasteiger partial charge is 0.294 e. The van der Waals surface area contributed by atoms with Crippen LogP contribution in [-0.4, -0.2) is 42.1 Å². The minimum absolute atomic E-state index is 0.0222. The Morgan fingerprint density at radius 3 is 2.84 bits per heavy atom. The van der Waals surface area contributed by atoms with Crippen molar-refractivity contribution in [3.63, 3.8) is 0 Å². The van der Waals surface area contributed by atoms with E-state index in [-0.39, 0.29) is 41.4 Å².